The van der Waals surface area contributed by atoms with Crippen LogP contribution < -0.4 is 0 Å². The van der Waals surface area contributed by atoms with Crippen molar-refractivity contribution in [3.63, 3.8) is 0 Å². The predicted molar refractivity (Wildman–Crippen MR) is 81.5 cm³/mol. The Hall–Kier alpha value is -2.14. The van der Waals surface area contributed by atoms with Crippen LogP contribution in [0.5, 0.6) is 0 Å². The van der Waals surface area contributed by atoms with Crippen LogP contribution in [0.15, 0.2) is 36.5 Å². The molecule has 1 aliphatic heterocycles. The number of piperazine rings is 1. The molecule has 2 heterocycles. The second-order valence-electron chi connectivity index (χ2n) is 5.40. The molecule has 1 aromatic carbocycles. The Bertz CT molecular complexity index is 636. The number of hydrogen-bond donors (Lipinski definition) is 1. The predicted octanol–water partition coefficient (Wildman–Crippen LogP) is 2.07. The summed E-state index contributed by atoms with van der Waals surface area (Å²) in [4.78, 5) is 19.1. The van der Waals surface area contributed by atoms with E-state index >= 15 is 0 Å². The maximum atomic E-state index is 10.9. The van der Waals surface area contributed by atoms with E-state index in [9.17, 15) is 4.79 Å². The lowest BCUT2D eigenvalue weighted by Crippen LogP contribution is -2.48. The molecule has 5 heteroatoms. The SMILES string of the molecule is O=C(O)N1CCN(CCc2cnc3ccccc3c2)CC1. The zero-order chi connectivity index (χ0) is 14.7. The maximum absolute atomic E-state index is 10.9. The number of hydrogen-bond acceptors (Lipinski definition) is 3. The molecule has 1 N–H and O–H groups in total. The standard InChI is InChI=1S/C16H19N3O2/c20-16(21)19-9-7-18(8-10-19)6-5-13-11-14-3-1-2-4-15(14)17-12-13/h1-4,11-12H,5-10H2,(H,20,21). The number of pyridine rings is 1. The monoisotopic (exact) mass is 285 g/mol. The highest BCUT2D eigenvalue weighted by Gasteiger charge is 2.19. The molecule has 1 amide bonds. The second-order valence-corrected chi connectivity index (χ2v) is 5.40. The van der Waals surface area contributed by atoms with Crippen LogP contribution in [0, 0.1) is 0 Å². The lowest BCUT2D eigenvalue weighted by molar-refractivity contribution is 0.106. The highest BCUT2D eigenvalue weighted by Crippen LogP contribution is 2.13. The molecule has 1 aliphatic rings. The molecule has 0 spiro atoms. The van der Waals surface area contributed by atoms with Gasteiger partial charge in [-0.1, -0.05) is 18.2 Å². The number of benzene rings is 1. The summed E-state index contributed by atoms with van der Waals surface area (Å²) < 4.78 is 0. The molecule has 0 radical (unpaired) electrons. The van der Waals surface area contributed by atoms with E-state index in [2.05, 4.69) is 22.0 Å². The van der Waals surface area contributed by atoms with Gasteiger partial charge in [-0.25, -0.2) is 4.79 Å². The van der Waals surface area contributed by atoms with Gasteiger partial charge in [0.15, 0.2) is 0 Å². The first-order valence-corrected chi connectivity index (χ1v) is 7.26. The lowest BCUT2D eigenvalue weighted by atomic mass is 10.1. The Morgan fingerprint density at radius 3 is 2.71 bits per heavy atom. The number of fused-ring (bicyclic) bond motifs is 1. The summed E-state index contributed by atoms with van der Waals surface area (Å²) in [5, 5.41) is 10.1. The molecule has 2 aromatic rings. The van der Waals surface area contributed by atoms with Crippen molar-refractivity contribution in [2.45, 2.75) is 6.42 Å². The van der Waals surface area contributed by atoms with Crippen LogP contribution in [0.3, 0.4) is 0 Å². The fourth-order valence-corrected chi connectivity index (χ4v) is 2.70. The number of carbonyl (C=O) groups is 1. The summed E-state index contributed by atoms with van der Waals surface area (Å²) in [6.45, 7) is 3.78. The van der Waals surface area contributed by atoms with Crippen LogP contribution in [-0.2, 0) is 6.42 Å². The Morgan fingerprint density at radius 2 is 1.95 bits per heavy atom. The number of amides is 1. The molecule has 3 rings (SSSR count). The highest BCUT2D eigenvalue weighted by molar-refractivity contribution is 5.78. The Morgan fingerprint density at radius 1 is 1.19 bits per heavy atom. The van der Waals surface area contributed by atoms with Gasteiger partial charge in [-0.2, -0.15) is 0 Å². The molecule has 0 bridgehead atoms. The topological polar surface area (TPSA) is 56.7 Å². The molecule has 21 heavy (non-hydrogen) atoms. The van der Waals surface area contributed by atoms with Crippen LogP contribution in [0.2, 0.25) is 0 Å². The third-order valence-corrected chi connectivity index (χ3v) is 4.01. The first kappa shape index (κ1) is 13.8. The summed E-state index contributed by atoms with van der Waals surface area (Å²) in [7, 11) is 0. The van der Waals surface area contributed by atoms with Crippen molar-refractivity contribution in [2.75, 3.05) is 32.7 Å². The van der Waals surface area contributed by atoms with Crippen LogP contribution in [0.1, 0.15) is 5.56 Å². The van der Waals surface area contributed by atoms with Crippen molar-refractivity contribution in [1.82, 2.24) is 14.8 Å². The first-order valence-electron chi connectivity index (χ1n) is 7.26. The third-order valence-electron chi connectivity index (χ3n) is 4.01. The Labute approximate surface area is 123 Å². The fourth-order valence-electron chi connectivity index (χ4n) is 2.70. The van der Waals surface area contributed by atoms with Gasteiger partial charge in [0, 0.05) is 44.3 Å². The van der Waals surface area contributed by atoms with Crippen molar-refractivity contribution in [3.05, 3.63) is 42.1 Å². The Balaban J connectivity index is 1.56. The summed E-state index contributed by atoms with van der Waals surface area (Å²) in [5.74, 6) is 0. The van der Waals surface area contributed by atoms with Crippen LogP contribution in [-0.4, -0.2) is 58.7 Å². The van der Waals surface area contributed by atoms with Gasteiger partial charge < -0.3 is 10.0 Å². The molecule has 0 unspecified atom stereocenters. The minimum Gasteiger partial charge on any atom is -0.465 e. The number of rotatable bonds is 3. The van der Waals surface area contributed by atoms with E-state index in [4.69, 9.17) is 5.11 Å². The first-order chi connectivity index (χ1) is 10.2. The van der Waals surface area contributed by atoms with Gasteiger partial charge in [0.2, 0.25) is 0 Å². The normalized spacial score (nSPS) is 16.3. The van der Waals surface area contributed by atoms with Gasteiger partial charge in [-0.15, -0.1) is 0 Å². The van der Waals surface area contributed by atoms with Gasteiger partial charge >= 0.3 is 6.09 Å². The van der Waals surface area contributed by atoms with Crippen molar-refractivity contribution in [2.24, 2.45) is 0 Å². The molecule has 1 saturated heterocycles. The molecular weight excluding hydrogens is 266 g/mol. The van der Waals surface area contributed by atoms with E-state index < -0.39 is 6.09 Å². The molecule has 1 fully saturated rings. The molecule has 1 aromatic heterocycles. The average molecular weight is 285 g/mol. The molecule has 5 nitrogen and oxygen atoms in total. The van der Waals surface area contributed by atoms with E-state index in [0.717, 1.165) is 31.6 Å². The van der Waals surface area contributed by atoms with Crippen molar-refractivity contribution < 1.29 is 9.90 Å². The van der Waals surface area contributed by atoms with Crippen LogP contribution in [0.4, 0.5) is 4.79 Å². The lowest BCUT2D eigenvalue weighted by Gasteiger charge is -2.33. The number of aromatic nitrogens is 1. The van der Waals surface area contributed by atoms with Crippen LogP contribution in [0.25, 0.3) is 10.9 Å². The van der Waals surface area contributed by atoms with Crippen molar-refractivity contribution in [1.29, 1.82) is 0 Å². The van der Waals surface area contributed by atoms with Gasteiger partial charge in [-0.05, 0) is 24.1 Å². The zero-order valence-corrected chi connectivity index (χ0v) is 11.9. The van der Waals surface area contributed by atoms with Gasteiger partial charge in [0.25, 0.3) is 0 Å². The number of carboxylic acid groups (broad SMARTS) is 1. The number of nitrogens with zero attached hydrogens (tertiary/aromatic N) is 3. The molecule has 110 valence electrons. The quantitative estimate of drug-likeness (QED) is 0.938. The fraction of sp³-hybridized carbons (Fsp3) is 0.375. The Kier molecular flexibility index (Phi) is 4.01. The largest absolute Gasteiger partial charge is 0.465 e. The van der Waals surface area contributed by atoms with Crippen LogP contribution >= 0.6 is 0 Å². The zero-order valence-electron chi connectivity index (χ0n) is 11.9. The van der Waals surface area contributed by atoms with Gasteiger partial charge in [0.05, 0.1) is 5.52 Å². The minimum atomic E-state index is -0.812. The van der Waals surface area contributed by atoms with Gasteiger partial charge in [0.1, 0.15) is 0 Å². The molecular formula is C16H19N3O2. The van der Waals surface area contributed by atoms with Gasteiger partial charge in [-0.3, -0.25) is 9.88 Å². The van der Waals surface area contributed by atoms with Crippen molar-refractivity contribution >= 4 is 17.0 Å². The van der Waals surface area contributed by atoms with E-state index in [1.54, 1.807) is 0 Å². The molecule has 0 atom stereocenters. The average Bonchev–Trinajstić information content (AvgIpc) is 2.53. The molecule has 0 aliphatic carbocycles. The summed E-state index contributed by atoms with van der Waals surface area (Å²) in [6.07, 6.45) is 2.08. The minimum absolute atomic E-state index is 0.602. The summed E-state index contributed by atoms with van der Waals surface area (Å²) >= 11 is 0. The second kappa shape index (κ2) is 6.10. The van der Waals surface area contributed by atoms with Crippen molar-refractivity contribution in [3.8, 4) is 0 Å². The third kappa shape index (κ3) is 3.31. The summed E-state index contributed by atoms with van der Waals surface area (Å²) in [6, 6.07) is 10.3. The maximum Gasteiger partial charge on any atom is 0.407 e. The number of para-hydroxylation sites is 1. The smallest absolute Gasteiger partial charge is 0.407 e. The van der Waals surface area contributed by atoms with E-state index in [1.807, 2.05) is 24.4 Å². The van der Waals surface area contributed by atoms with E-state index in [0.29, 0.717) is 13.1 Å². The molecule has 0 saturated carbocycles. The van der Waals surface area contributed by atoms with E-state index in [1.165, 1.54) is 15.8 Å². The highest BCUT2D eigenvalue weighted by atomic mass is 16.4. The summed E-state index contributed by atoms with van der Waals surface area (Å²) in [5.41, 5.74) is 2.26. The van der Waals surface area contributed by atoms with E-state index in [-0.39, 0.29) is 0 Å².